The highest BCUT2D eigenvalue weighted by molar-refractivity contribution is 6.03. The van der Waals surface area contributed by atoms with E-state index in [-0.39, 0.29) is 17.1 Å². The van der Waals surface area contributed by atoms with Gasteiger partial charge in [0.15, 0.2) is 5.69 Å². The van der Waals surface area contributed by atoms with Crippen LogP contribution in [0.15, 0.2) is 18.6 Å². The van der Waals surface area contributed by atoms with Crippen LogP contribution in [0, 0.1) is 10.1 Å². The van der Waals surface area contributed by atoms with Crippen LogP contribution in [-0.2, 0) is 17.4 Å². The maximum absolute atomic E-state index is 12.6. The van der Waals surface area contributed by atoms with Crippen molar-refractivity contribution >= 4 is 23.2 Å². The monoisotopic (exact) mass is 335 g/mol. The number of hydrogen-bond donors (Lipinski definition) is 2. The predicted octanol–water partition coefficient (Wildman–Crippen LogP) is 0.258. The van der Waals surface area contributed by atoms with Crippen molar-refractivity contribution in [3.05, 3.63) is 34.4 Å². The van der Waals surface area contributed by atoms with E-state index < -0.39 is 22.3 Å². The highest BCUT2D eigenvalue weighted by Gasteiger charge is 2.33. The van der Waals surface area contributed by atoms with Gasteiger partial charge < -0.3 is 10.6 Å². The lowest BCUT2D eigenvalue weighted by Crippen LogP contribution is -2.41. The van der Waals surface area contributed by atoms with Gasteiger partial charge in [-0.2, -0.15) is 10.2 Å². The zero-order chi connectivity index (χ0) is 18.1. The number of nitrogens with zero attached hydrogens (tertiary/aromatic N) is 5. The van der Waals surface area contributed by atoms with E-state index in [4.69, 9.17) is 0 Å². The van der Waals surface area contributed by atoms with Crippen molar-refractivity contribution in [1.29, 1.82) is 0 Å². The molecule has 2 amide bonds. The van der Waals surface area contributed by atoms with Crippen LogP contribution in [-0.4, -0.2) is 43.3 Å². The van der Waals surface area contributed by atoms with E-state index in [0.717, 1.165) is 6.20 Å². The Morgan fingerprint density at radius 2 is 2.00 bits per heavy atom. The fourth-order valence-corrected chi connectivity index (χ4v) is 1.96. The van der Waals surface area contributed by atoms with Crippen molar-refractivity contribution in [3.63, 3.8) is 0 Å². The van der Waals surface area contributed by atoms with Crippen molar-refractivity contribution in [3.8, 4) is 0 Å². The van der Waals surface area contributed by atoms with Crippen molar-refractivity contribution in [2.24, 2.45) is 7.05 Å². The molecule has 0 saturated carbocycles. The molecule has 11 nitrogen and oxygen atoms in total. The van der Waals surface area contributed by atoms with E-state index >= 15 is 0 Å². The Labute approximate surface area is 136 Å². The molecule has 0 bridgehead atoms. The van der Waals surface area contributed by atoms with Crippen LogP contribution in [0.3, 0.4) is 0 Å². The average molecular weight is 335 g/mol. The molecule has 0 radical (unpaired) electrons. The van der Waals surface area contributed by atoms with Crippen LogP contribution >= 0.6 is 0 Å². The number of anilines is 1. The van der Waals surface area contributed by atoms with Gasteiger partial charge in [-0.15, -0.1) is 0 Å². The van der Waals surface area contributed by atoms with Gasteiger partial charge >= 0.3 is 5.69 Å². The van der Waals surface area contributed by atoms with Gasteiger partial charge in [0.2, 0.25) is 0 Å². The van der Waals surface area contributed by atoms with Gasteiger partial charge in [-0.1, -0.05) is 0 Å². The van der Waals surface area contributed by atoms with Crippen molar-refractivity contribution in [2.45, 2.75) is 19.4 Å². The first-order valence-corrected chi connectivity index (χ1v) is 6.93. The summed E-state index contributed by atoms with van der Waals surface area (Å²) in [6.07, 6.45) is 3.72. The number of nitrogens with one attached hydrogen (secondary N) is 2. The number of nitro groups is 1. The molecule has 0 fully saturated rings. The van der Waals surface area contributed by atoms with Gasteiger partial charge in [0, 0.05) is 20.3 Å². The normalized spacial score (nSPS) is 11.2. The highest BCUT2D eigenvalue weighted by Crippen LogP contribution is 2.22. The zero-order valence-corrected chi connectivity index (χ0v) is 13.6. The largest absolute Gasteiger partial charge is 0.354 e. The molecule has 0 aliphatic rings. The topological polar surface area (TPSA) is 137 Å². The van der Waals surface area contributed by atoms with Crippen LogP contribution in [0.25, 0.3) is 0 Å². The van der Waals surface area contributed by atoms with Crippen LogP contribution in [0.4, 0.5) is 11.4 Å². The molecular formula is C13H17N7O4. The number of aryl methyl sites for hydroxylation is 1. The summed E-state index contributed by atoms with van der Waals surface area (Å²) in [6, 6.07) is 0. The fraction of sp³-hybridized carbons (Fsp3) is 0.385. The second-order valence-electron chi connectivity index (χ2n) is 5.56. The summed E-state index contributed by atoms with van der Waals surface area (Å²) in [5.74, 6) is -0.947. The number of hydrogen-bond acceptors (Lipinski definition) is 6. The van der Waals surface area contributed by atoms with Crippen LogP contribution in [0.1, 0.15) is 24.3 Å². The number of amides is 2. The average Bonchev–Trinajstić information content (AvgIpc) is 3.13. The molecule has 11 heteroatoms. The molecule has 0 unspecified atom stereocenters. The van der Waals surface area contributed by atoms with Gasteiger partial charge in [-0.3, -0.25) is 29.1 Å². The van der Waals surface area contributed by atoms with E-state index in [2.05, 4.69) is 20.8 Å². The minimum Gasteiger partial charge on any atom is -0.354 e. The Kier molecular flexibility index (Phi) is 4.35. The third-order valence-corrected chi connectivity index (χ3v) is 3.43. The lowest BCUT2D eigenvalue weighted by atomic mass is 10.0. The lowest BCUT2D eigenvalue weighted by Gasteiger charge is -2.23. The summed E-state index contributed by atoms with van der Waals surface area (Å²) >= 11 is 0. The Bertz CT molecular complexity index is 805. The van der Waals surface area contributed by atoms with Gasteiger partial charge in [-0.05, 0) is 13.8 Å². The van der Waals surface area contributed by atoms with E-state index in [1.807, 2.05) is 0 Å². The summed E-state index contributed by atoms with van der Waals surface area (Å²) in [5.41, 5.74) is -1.14. The second kappa shape index (κ2) is 6.10. The number of carbonyl (C=O) groups is 2. The van der Waals surface area contributed by atoms with E-state index in [9.17, 15) is 19.7 Å². The molecule has 2 aromatic heterocycles. The fourth-order valence-electron chi connectivity index (χ4n) is 1.96. The molecule has 128 valence electrons. The van der Waals surface area contributed by atoms with Gasteiger partial charge in [0.1, 0.15) is 17.9 Å². The highest BCUT2D eigenvalue weighted by atomic mass is 16.6. The summed E-state index contributed by atoms with van der Waals surface area (Å²) in [7, 11) is 3.07. The minimum atomic E-state index is -1.22. The Hall–Kier alpha value is -3.24. The molecule has 0 saturated heterocycles. The molecule has 0 aliphatic carbocycles. The quantitative estimate of drug-likeness (QED) is 0.594. The third-order valence-electron chi connectivity index (χ3n) is 3.43. The first kappa shape index (κ1) is 17.1. The lowest BCUT2D eigenvalue weighted by molar-refractivity contribution is -0.385. The predicted molar refractivity (Wildman–Crippen MR) is 83.4 cm³/mol. The molecule has 0 aromatic carbocycles. The molecular weight excluding hydrogens is 318 g/mol. The van der Waals surface area contributed by atoms with Crippen LogP contribution in [0.2, 0.25) is 0 Å². The number of rotatable bonds is 5. The van der Waals surface area contributed by atoms with Crippen molar-refractivity contribution in [1.82, 2.24) is 24.9 Å². The zero-order valence-electron chi connectivity index (χ0n) is 13.6. The summed E-state index contributed by atoms with van der Waals surface area (Å²) in [4.78, 5) is 34.5. The molecule has 24 heavy (non-hydrogen) atoms. The van der Waals surface area contributed by atoms with E-state index in [0.29, 0.717) is 0 Å². The van der Waals surface area contributed by atoms with E-state index in [1.54, 1.807) is 20.9 Å². The van der Waals surface area contributed by atoms with Gasteiger partial charge in [0.05, 0.1) is 10.6 Å². The Morgan fingerprint density at radius 3 is 2.54 bits per heavy atom. The van der Waals surface area contributed by atoms with Gasteiger partial charge in [0.25, 0.3) is 11.8 Å². The third kappa shape index (κ3) is 3.09. The standard InChI is InChI=1S/C13H17N7O4/c1-13(2,19-6-8(5-15-19)20(23)24)12(22)16-9-7-18(4)17-10(9)11(21)14-3/h5-7H,1-4H3,(H,14,21)(H,16,22). The summed E-state index contributed by atoms with van der Waals surface area (Å²) in [6.45, 7) is 3.10. The van der Waals surface area contributed by atoms with Crippen molar-refractivity contribution < 1.29 is 14.5 Å². The second-order valence-corrected chi connectivity index (χ2v) is 5.56. The Morgan fingerprint density at radius 1 is 1.33 bits per heavy atom. The molecule has 0 spiro atoms. The number of aromatic nitrogens is 4. The summed E-state index contributed by atoms with van der Waals surface area (Å²) < 4.78 is 2.59. The Balaban J connectivity index is 2.28. The summed E-state index contributed by atoms with van der Waals surface area (Å²) in [5, 5.41) is 23.7. The SMILES string of the molecule is CNC(=O)c1nn(C)cc1NC(=O)C(C)(C)n1cc([N+](=O)[O-])cn1. The van der Waals surface area contributed by atoms with Crippen LogP contribution < -0.4 is 10.6 Å². The molecule has 2 heterocycles. The van der Waals surface area contributed by atoms with Crippen LogP contribution in [0.5, 0.6) is 0 Å². The number of carbonyl (C=O) groups excluding carboxylic acids is 2. The molecule has 0 aliphatic heterocycles. The molecule has 2 aromatic rings. The first-order chi connectivity index (χ1) is 11.2. The maximum atomic E-state index is 12.6. The first-order valence-electron chi connectivity index (χ1n) is 6.93. The molecule has 0 atom stereocenters. The smallest absolute Gasteiger partial charge is 0.307 e. The van der Waals surface area contributed by atoms with E-state index in [1.165, 1.54) is 28.8 Å². The maximum Gasteiger partial charge on any atom is 0.307 e. The molecule has 2 N–H and O–H groups in total. The minimum absolute atomic E-state index is 0.0654. The molecule has 2 rings (SSSR count). The van der Waals surface area contributed by atoms with Crippen molar-refractivity contribution in [2.75, 3.05) is 12.4 Å². The van der Waals surface area contributed by atoms with Gasteiger partial charge in [-0.25, -0.2) is 0 Å².